The van der Waals surface area contributed by atoms with Gasteiger partial charge in [0.25, 0.3) is 0 Å². The molecule has 0 bridgehead atoms. The molecule has 1 heterocycles. The molecule has 1 saturated heterocycles. The maximum atomic E-state index is 3.55. The van der Waals surface area contributed by atoms with E-state index in [0.29, 0.717) is 17.9 Å². The Labute approximate surface area is 133 Å². The van der Waals surface area contributed by atoms with Gasteiger partial charge in [-0.15, -0.1) is 0 Å². The van der Waals surface area contributed by atoms with Gasteiger partial charge in [-0.3, -0.25) is 0 Å². The highest BCUT2D eigenvalue weighted by Crippen LogP contribution is 2.39. The van der Waals surface area contributed by atoms with Crippen molar-refractivity contribution in [1.29, 1.82) is 0 Å². The van der Waals surface area contributed by atoms with E-state index >= 15 is 0 Å². The van der Waals surface area contributed by atoms with Gasteiger partial charge in [-0.1, -0.05) is 43.4 Å². The van der Waals surface area contributed by atoms with Gasteiger partial charge >= 0.3 is 0 Å². The van der Waals surface area contributed by atoms with E-state index < -0.39 is 0 Å². The number of hydrazine groups is 1. The SMILES string of the molecule is CC1CC(C2=CC=CCC2)=CC=C1C1NNC2=CCCCC21. The average molecular weight is 294 g/mol. The fraction of sp³-hybridized carbons (Fsp3) is 0.500. The van der Waals surface area contributed by atoms with E-state index in [4.69, 9.17) is 0 Å². The van der Waals surface area contributed by atoms with Gasteiger partial charge in [0.1, 0.15) is 0 Å². The van der Waals surface area contributed by atoms with Crippen LogP contribution in [-0.2, 0) is 0 Å². The zero-order valence-electron chi connectivity index (χ0n) is 13.4. The van der Waals surface area contributed by atoms with Gasteiger partial charge in [0.15, 0.2) is 0 Å². The number of hydrogen-bond donors (Lipinski definition) is 2. The molecule has 22 heavy (non-hydrogen) atoms. The van der Waals surface area contributed by atoms with Crippen LogP contribution in [0.4, 0.5) is 0 Å². The summed E-state index contributed by atoms with van der Waals surface area (Å²) in [6.45, 7) is 2.39. The molecule has 4 rings (SSSR count). The summed E-state index contributed by atoms with van der Waals surface area (Å²) in [4.78, 5) is 0. The zero-order chi connectivity index (χ0) is 14.9. The molecule has 0 aromatic heterocycles. The smallest absolute Gasteiger partial charge is 0.0558 e. The van der Waals surface area contributed by atoms with Gasteiger partial charge in [-0.05, 0) is 61.2 Å². The van der Waals surface area contributed by atoms with Gasteiger partial charge in [0, 0.05) is 11.6 Å². The lowest BCUT2D eigenvalue weighted by atomic mass is 9.76. The standard InChI is InChI=1S/C20H26N2/c1-14-13-16(15-7-3-2-4-8-15)11-12-17(14)20-18-9-5-6-10-19(18)21-22-20/h2-3,7,10-12,14,18,20-22H,4-6,8-9,13H2,1H3. The third-order valence-electron chi connectivity index (χ3n) is 5.61. The predicted octanol–water partition coefficient (Wildman–Crippen LogP) is 4.32. The molecule has 2 heteroatoms. The van der Waals surface area contributed by atoms with Crippen LogP contribution in [0.5, 0.6) is 0 Å². The first-order chi connectivity index (χ1) is 10.8. The van der Waals surface area contributed by atoms with Crippen molar-refractivity contribution < 1.29 is 0 Å². The van der Waals surface area contributed by atoms with Gasteiger partial charge in [0.2, 0.25) is 0 Å². The van der Waals surface area contributed by atoms with E-state index in [9.17, 15) is 0 Å². The van der Waals surface area contributed by atoms with E-state index in [1.54, 1.807) is 16.7 Å². The van der Waals surface area contributed by atoms with Gasteiger partial charge in [-0.25, -0.2) is 5.43 Å². The molecule has 2 N–H and O–H groups in total. The molecule has 4 aliphatic rings. The molecule has 0 saturated carbocycles. The Kier molecular flexibility index (Phi) is 3.79. The van der Waals surface area contributed by atoms with Gasteiger partial charge in [0.05, 0.1) is 6.04 Å². The van der Waals surface area contributed by atoms with Crippen molar-refractivity contribution in [3.05, 3.63) is 58.9 Å². The van der Waals surface area contributed by atoms with E-state index in [0.717, 1.165) is 0 Å². The predicted molar refractivity (Wildman–Crippen MR) is 91.9 cm³/mol. The molecule has 2 nitrogen and oxygen atoms in total. The largest absolute Gasteiger partial charge is 0.325 e. The maximum Gasteiger partial charge on any atom is 0.0558 e. The summed E-state index contributed by atoms with van der Waals surface area (Å²) < 4.78 is 0. The van der Waals surface area contributed by atoms with E-state index in [1.807, 2.05) is 0 Å². The Hall–Kier alpha value is -1.54. The summed E-state index contributed by atoms with van der Waals surface area (Å²) in [5.74, 6) is 1.29. The minimum absolute atomic E-state index is 0.486. The third kappa shape index (κ3) is 2.50. The molecular weight excluding hydrogens is 268 g/mol. The number of fused-ring (bicyclic) bond motifs is 1. The Balaban J connectivity index is 1.57. The normalized spacial score (nSPS) is 34.1. The van der Waals surface area contributed by atoms with Crippen LogP contribution in [0.25, 0.3) is 0 Å². The molecule has 3 unspecified atom stereocenters. The summed E-state index contributed by atoms with van der Waals surface area (Å²) in [7, 11) is 0. The van der Waals surface area contributed by atoms with Crippen LogP contribution in [0.15, 0.2) is 58.9 Å². The number of hydrogen-bond acceptors (Lipinski definition) is 2. The Morgan fingerprint density at radius 3 is 2.86 bits per heavy atom. The second-order valence-corrected chi connectivity index (χ2v) is 7.07. The van der Waals surface area contributed by atoms with Crippen LogP contribution >= 0.6 is 0 Å². The Morgan fingerprint density at radius 1 is 1.09 bits per heavy atom. The van der Waals surface area contributed by atoms with Gasteiger partial charge < -0.3 is 5.43 Å². The molecule has 116 valence electrons. The molecule has 0 amide bonds. The molecule has 1 fully saturated rings. The summed E-state index contributed by atoms with van der Waals surface area (Å²) in [5, 5.41) is 0. The number of rotatable bonds is 2. The quantitative estimate of drug-likeness (QED) is 0.792. The zero-order valence-corrected chi connectivity index (χ0v) is 13.4. The first-order valence-corrected chi connectivity index (χ1v) is 8.81. The second-order valence-electron chi connectivity index (χ2n) is 7.07. The minimum Gasteiger partial charge on any atom is -0.325 e. The maximum absolute atomic E-state index is 3.55. The van der Waals surface area contributed by atoms with E-state index in [2.05, 4.69) is 54.2 Å². The Bertz CT molecular complexity index is 603. The summed E-state index contributed by atoms with van der Waals surface area (Å²) in [6.07, 6.45) is 21.4. The topological polar surface area (TPSA) is 24.1 Å². The van der Waals surface area contributed by atoms with Crippen molar-refractivity contribution in [2.24, 2.45) is 11.8 Å². The van der Waals surface area contributed by atoms with Crippen molar-refractivity contribution in [3.8, 4) is 0 Å². The lowest BCUT2D eigenvalue weighted by molar-refractivity contribution is 0.434. The summed E-state index contributed by atoms with van der Waals surface area (Å²) >= 11 is 0. The van der Waals surface area contributed by atoms with Crippen molar-refractivity contribution in [2.45, 2.75) is 51.5 Å². The van der Waals surface area contributed by atoms with E-state index in [-0.39, 0.29) is 0 Å². The van der Waals surface area contributed by atoms with Crippen LogP contribution in [0.3, 0.4) is 0 Å². The molecule has 0 spiro atoms. The number of allylic oxidation sites excluding steroid dienone is 8. The molecule has 0 aromatic carbocycles. The van der Waals surface area contributed by atoms with Crippen LogP contribution in [0, 0.1) is 11.8 Å². The summed E-state index contributed by atoms with van der Waals surface area (Å²) in [5.41, 5.74) is 13.1. The van der Waals surface area contributed by atoms with E-state index in [1.165, 1.54) is 44.2 Å². The molecule has 1 aliphatic heterocycles. The lowest BCUT2D eigenvalue weighted by Crippen LogP contribution is -2.36. The molecule has 3 aliphatic carbocycles. The monoisotopic (exact) mass is 294 g/mol. The molecular formula is C20H26N2. The van der Waals surface area contributed by atoms with Crippen LogP contribution in [0.2, 0.25) is 0 Å². The average Bonchev–Trinajstić information content (AvgIpc) is 2.99. The van der Waals surface area contributed by atoms with Crippen molar-refractivity contribution >= 4 is 0 Å². The van der Waals surface area contributed by atoms with Crippen molar-refractivity contribution in [3.63, 3.8) is 0 Å². The van der Waals surface area contributed by atoms with Crippen LogP contribution in [0.1, 0.15) is 45.4 Å². The van der Waals surface area contributed by atoms with Gasteiger partial charge in [-0.2, -0.15) is 0 Å². The molecule has 0 radical (unpaired) electrons. The fourth-order valence-corrected chi connectivity index (χ4v) is 4.36. The summed E-state index contributed by atoms with van der Waals surface area (Å²) in [6, 6.07) is 0.486. The highest BCUT2D eigenvalue weighted by Gasteiger charge is 2.36. The molecule has 0 aromatic rings. The van der Waals surface area contributed by atoms with Crippen LogP contribution < -0.4 is 10.9 Å². The van der Waals surface area contributed by atoms with Crippen LogP contribution in [-0.4, -0.2) is 6.04 Å². The second kappa shape index (κ2) is 5.92. The highest BCUT2D eigenvalue weighted by atomic mass is 15.4. The third-order valence-corrected chi connectivity index (χ3v) is 5.61. The number of nitrogens with one attached hydrogen (secondary N) is 2. The lowest BCUT2D eigenvalue weighted by Gasteiger charge is -2.30. The fourth-order valence-electron chi connectivity index (χ4n) is 4.36. The Morgan fingerprint density at radius 2 is 2.05 bits per heavy atom. The first-order valence-electron chi connectivity index (χ1n) is 8.81. The highest BCUT2D eigenvalue weighted by molar-refractivity contribution is 5.43. The molecule has 3 atom stereocenters. The van der Waals surface area contributed by atoms with Crippen molar-refractivity contribution in [1.82, 2.24) is 10.9 Å². The minimum atomic E-state index is 0.486. The first kappa shape index (κ1) is 14.1. The van der Waals surface area contributed by atoms with Crippen molar-refractivity contribution in [2.75, 3.05) is 0 Å².